The van der Waals surface area contributed by atoms with Crippen LogP contribution in [0.25, 0.3) is 0 Å². The van der Waals surface area contributed by atoms with E-state index in [9.17, 15) is 4.79 Å². The SMILES string of the molecule is CCOC(=O)N1C=C(C)C=CC=N1. The molecule has 1 aliphatic heterocycles. The monoisotopic (exact) mass is 180 g/mol. The van der Waals surface area contributed by atoms with E-state index in [1.165, 1.54) is 5.01 Å². The Hall–Kier alpha value is -1.58. The van der Waals surface area contributed by atoms with E-state index >= 15 is 0 Å². The van der Waals surface area contributed by atoms with Crippen molar-refractivity contribution >= 4 is 12.3 Å². The molecule has 1 rings (SSSR count). The number of hydrogen-bond donors (Lipinski definition) is 0. The molecule has 70 valence electrons. The molecule has 1 heterocycles. The van der Waals surface area contributed by atoms with Crippen molar-refractivity contribution in [3.8, 4) is 0 Å². The third kappa shape index (κ3) is 2.74. The first kappa shape index (κ1) is 9.51. The van der Waals surface area contributed by atoms with Crippen LogP contribution in [-0.2, 0) is 4.74 Å². The van der Waals surface area contributed by atoms with Crippen LogP contribution in [0.3, 0.4) is 0 Å². The average Bonchev–Trinajstić information content (AvgIpc) is 2.30. The molecule has 0 bridgehead atoms. The molecule has 0 spiro atoms. The molecule has 1 aliphatic rings. The lowest BCUT2D eigenvalue weighted by atomic mass is 10.3. The zero-order chi connectivity index (χ0) is 9.68. The summed E-state index contributed by atoms with van der Waals surface area (Å²) in [5, 5.41) is 5.04. The van der Waals surface area contributed by atoms with Crippen LogP contribution >= 0.6 is 0 Å². The van der Waals surface area contributed by atoms with Gasteiger partial charge in [-0.05, 0) is 25.5 Å². The number of rotatable bonds is 1. The summed E-state index contributed by atoms with van der Waals surface area (Å²) in [5.41, 5.74) is 0.950. The Bertz CT molecular complexity index is 279. The maximum atomic E-state index is 11.2. The largest absolute Gasteiger partial charge is 0.448 e. The van der Waals surface area contributed by atoms with Gasteiger partial charge in [0.2, 0.25) is 0 Å². The lowest BCUT2D eigenvalue weighted by Crippen LogP contribution is -2.21. The predicted molar refractivity (Wildman–Crippen MR) is 50.3 cm³/mol. The molecule has 4 nitrogen and oxygen atoms in total. The van der Waals surface area contributed by atoms with Crippen LogP contribution in [-0.4, -0.2) is 23.9 Å². The van der Waals surface area contributed by atoms with Crippen molar-refractivity contribution < 1.29 is 9.53 Å². The van der Waals surface area contributed by atoms with Crippen LogP contribution in [0, 0.1) is 0 Å². The summed E-state index contributed by atoms with van der Waals surface area (Å²) in [6, 6.07) is 0. The minimum atomic E-state index is -0.457. The lowest BCUT2D eigenvalue weighted by molar-refractivity contribution is 0.123. The van der Waals surface area contributed by atoms with Crippen molar-refractivity contribution in [1.29, 1.82) is 0 Å². The Labute approximate surface area is 77.2 Å². The quantitative estimate of drug-likeness (QED) is 0.618. The van der Waals surface area contributed by atoms with Gasteiger partial charge in [-0.2, -0.15) is 10.1 Å². The number of nitrogens with zero attached hydrogens (tertiary/aromatic N) is 2. The number of carbonyl (C=O) groups excluding carboxylic acids is 1. The van der Waals surface area contributed by atoms with E-state index in [2.05, 4.69) is 5.10 Å². The van der Waals surface area contributed by atoms with E-state index in [1.54, 1.807) is 25.4 Å². The zero-order valence-corrected chi connectivity index (χ0v) is 7.73. The molecule has 0 unspecified atom stereocenters. The van der Waals surface area contributed by atoms with Crippen molar-refractivity contribution in [3.63, 3.8) is 0 Å². The first-order valence-electron chi connectivity index (χ1n) is 4.09. The van der Waals surface area contributed by atoms with Crippen LogP contribution in [0.4, 0.5) is 4.79 Å². The van der Waals surface area contributed by atoms with Crippen molar-refractivity contribution in [3.05, 3.63) is 23.9 Å². The number of amides is 1. The van der Waals surface area contributed by atoms with Gasteiger partial charge in [0.15, 0.2) is 0 Å². The first-order chi connectivity index (χ1) is 6.24. The molecule has 0 atom stereocenters. The summed E-state index contributed by atoms with van der Waals surface area (Å²) in [4.78, 5) is 11.2. The molecular formula is C9H12N2O2. The number of ether oxygens (including phenoxy) is 1. The molecule has 0 fully saturated rings. The van der Waals surface area contributed by atoms with E-state index in [1.807, 2.05) is 13.0 Å². The maximum Gasteiger partial charge on any atom is 0.434 e. The fourth-order valence-electron chi connectivity index (χ4n) is 0.864. The Kier molecular flexibility index (Phi) is 3.25. The normalized spacial score (nSPS) is 15.2. The molecule has 1 amide bonds. The molecule has 0 aromatic rings. The number of hydrazone groups is 1. The molecule has 4 heteroatoms. The van der Waals surface area contributed by atoms with Crippen molar-refractivity contribution in [1.82, 2.24) is 5.01 Å². The van der Waals surface area contributed by atoms with Gasteiger partial charge >= 0.3 is 6.09 Å². The van der Waals surface area contributed by atoms with Crippen LogP contribution in [0.2, 0.25) is 0 Å². The summed E-state index contributed by atoms with van der Waals surface area (Å²) in [6.45, 7) is 4.00. The van der Waals surface area contributed by atoms with E-state index in [-0.39, 0.29) is 0 Å². The molecule has 13 heavy (non-hydrogen) atoms. The molecule has 0 aromatic heterocycles. The molecule has 0 aliphatic carbocycles. The summed E-state index contributed by atoms with van der Waals surface area (Å²) in [5.74, 6) is 0. The van der Waals surface area contributed by atoms with E-state index in [0.717, 1.165) is 5.57 Å². The van der Waals surface area contributed by atoms with Crippen LogP contribution < -0.4 is 0 Å². The van der Waals surface area contributed by atoms with Crippen LogP contribution in [0.1, 0.15) is 13.8 Å². The highest BCUT2D eigenvalue weighted by molar-refractivity contribution is 5.76. The fraction of sp³-hybridized carbons (Fsp3) is 0.333. The molecular weight excluding hydrogens is 168 g/mol. The summed E-state index contributed by atoms with van der Waals surface area (Å²) in [7, 11) is 0. The highest BCUT2D eigenvalue weighted by Crippen LogP contribution is 2.05. The van der Waals surface area contributed by atoms with Gasteiger partial charge in [0.05, 0.1) is 6.61 Å². The Balaban J connectivity index is 2.70. The third-order valence-electron chi connectivity index (χ3n) is 1.42. The Morgan fingerprint density at radius 2 is 2.46 bits per heavy atom. The predicted octanol–water partition coefficient (Wildman–Crippen LogP) is 1.90. The van der Waals surface area contributed by atoms with Crippen molar-refractivity contribution in [2.75, 3.05) is 6.61 Å². The van der Waals surface area contributed by atoms with Gasteiger partial charge in [0.25, 0.3) is 0 Å². The molecule has 0 saturated carbocycles. The highest BCUT2D eigenvalue weighted by atomic mass is 16.6. The van der Waals surface area contributed by atoms with Crippen molar-refractivity contribution in [2.45, 2.75) is 13.8 Å². The topological polar surface area (TPSA) is 41.9 Å². The molecule has 0 N–H and O–H groups in total. The van der Waals surface area contributed by atoms with E-state index in [4.69, 9.17) is 4.74 Å². The minimum Gasteiger partial charge on any atom is -0.448 e. The fourth-order valence-corrected chi connectivity index (χ4v) is 0.864. The van der Waals surface area contributed by atoms with Gasteiger partial charge < -0.3 is 4.74 Å². The van der Waals surface area contributed by atoms with E-state index in [0.29, 0.717) is 6.61 Å². The second-order valence-electron chi connectivity index (χ2n) is 2.54. The van der Waals surface area contributed by atoms with Gasteiger partial charge in [-0.3, -0.25) is 0 Å². The third-order valence-corrected chi connectivity index (χ3v) is 1.42. The summed E-state index contributed by atoms with van der Waals surface area (Å²) in [6.07, 6.45) is 6.34. The molecule has 0 saturated heterocycles. The second kappa shape index (κ2) is 4.45. The standard InChI is InChI=1S/C9H12N2O2/c1-3-13-9(12)11-7-8(2)5-4-6-10-11/h4-7H,3H2,1-2H3. The zero-order valence-electron chi connectivity index (χ0n) is 7.73. The minimum absolute atomic E-state index is 0.352. The van der Waals surface area contributed by atoms with Gasteiger partial charge in [-0.15, -0.1) is 0 Å². The van der Waals surface area contributed by atoms with Crippen LogP contribution in [0.15, 0.2) is 29.0 Å². The Morgan fingerprint density at radius 1 is 1.69 bits per heavy atom. The molecule has 0 aromatic carbocycles. The van der Waals surface area contributed by atoms with Gasteiger partial charge in [0.1, 0.15) is 0 Å². The average molecular weight is 180 g/mol. The summed E-state index contributed by atoms with van der Waals surface area (Å²) >= 11 is 0. The van der Waals surface area contributed by atoms with E-state index < -0.39 is 6.09 Å². The number of carbonyl (C=O) groups is 1. The smallest absolute Gasteiger partial charge is 0.434 e. The van der Waals surface area contributed by atoms with Gasteiger partial charge in [0, 0.05) is 12.4 Å². The highest BCUT2D eigenvalue weighted by Gasteiger charge is 2.10. The lowest BCUT2D eigenvalue weighted by Gasteiger charge is -2.10. The second-order valence-corrected chi connectivity index (χ2v) is 2.54. The number of hydrogen-bond acceptors (Lipinski definition) is 3. The van der Waals surface area contributed by atoms with Crippen molar-refractivity contribution in [2.24, 2.45) is 5.10 Å². The van der Waals surface area contributed by atoms with Gasteiger partial charge in [-0.25, -0.2) is 4.79 Å². The molecule has 0 radical (unpaired) electrons. The Morgan fingerprint density at radius 3 is 3.15 bits per heavy atom. The van der Waals surface area contributed by atoms with Gasteiger partial charge in [-0.1, -0.05) is 6.08 Å². The number of allylic oxidation sites excluding steroid dienone is 3. The summed E-state index contributed by atoms with van der Waals surface area (Å²) < 4.78 is 4.79. The first-order valence-corrected chi connectivity index (χ1v) is 4.09. The van der Waals surface area contributed by atoms with Crippen LogP contribution in [0.5, 0.6) is 0 Å². The maximum absolute atomic E-state index is 11.2.